The van der Waals surface area contributed by atoms with Crippen LogP contribution in [-0.2, 0) is 0 Å². The van der Waals surface area contributed by atoms with Crippen LogP contribution in [0.5, 0.6) is 0 Å². The Kier molecular flexibility index (Phi) is 6.42. The molecule has 0 spiro atoms. The predicted octanol–water partition coefficient (Wildman–Crippen LogP) is 4.08. The van der Waals surface area contributed by atoms with E-state index in [4.69, 9.17) is 29.6 Å². The molecule has 0 radical (unpaired) electrons. The first-order chi connectivity index (χ1) is 13.4. The van der Waals surface area contributed by atoms with Gasteiger partial charge in [0.2, 0.25) is 0 Å². The number of piperazine rings is 1. The molecule has 1 amide bonds. The lowest BCUT2D eigenvalue weighted by Gasteiger charge is -2.37. The number of hydrogen-bond acceptors (Lipinski definition) is 3. The number of amides is 1. The van der Waals surface area contributed by atoms with Crippen LogP contribution in [-0.4, -0.2) is 42.1 Å². The highest BCUT2D eigenvalue weighted by Gasteiger charge is 2.25. The Labute approximate surface area is 176 Å². The number of nitrogens with one attached hydrogen (secondary N) is 1. The van der Waals surface area contributed by atoms with Crippen molar-refractivity contribution in [2.24, 2.45) is 5.73 Å². The summed E-state index contributed by atoms with van der Waals surface area (Å²) in [6, 6.07) is 13.5. The molecule has 148 valence electrons. The highest BCUT2D eigenvalue weighted by molar-refractivity contribution is 7.80. The lowest BCUT2D eigenvalue weighted by atomic mass is 10.0. The quantitative estimate of drug-likeness (QED) is 0.735. The molecular weight excluding hydrogens is 392 g/mol. The van der Waals surface area contributed by atoms with Crippen LogP contribution in [0.25, 0.3) is 0 Å². The summed E-state index contributed by atoms with van der Waals surface area (Å²) in [5, 5.41) is 3.81. The molecule has 0 bridgehead atoms. The summed E-state index contributed by atoms with van der Waals surface area (Å²) < 4.78 is 0. The highest BCUT2D eigenvalue weighted by atomic mass is 35.5. The molecule has 0 saturated carbocycles. The van der Waals surface area contributed by atoms with E-state index in [1.54, 1.807) is 0 Å². The minimum atomic E-state index is 0.0654. The number of carbonyl (C=O) groups is 1. The molecular formula is C21H25ClN4OS. The van der Waals surface area contributed by atoms with Gasteiger partial charge in [0.1, 0.15) is 0 Å². The standard InChI is InChI=1S/C21H25ClN4OS/c1-14(2)15-6-8-16(9-7-15)20(27)26-12-10-25(11-13-26)19-17(22)4-3-5-18(19)24-21(23)28/h3-9,14H,10-13H2,1-2H3,(H3,23,24,28). The number of nitrogens with zero attached hydrogens (tertiary/aromatic N) is 2. The maximum atomic E-state index is 12.8. The topological polar surface area (TPSA) is 61.6 Å². The Morgan fingerprint density at radius 1 is 1.11 bits per heavy atom. The molecule has 28 heavy (non-hydrogen) atoms. The third-order valence-corrected chi connectivity index (χ3v) is 5.36. The molecule has 7 heteroatoms. The average Bonchev–Trinajstić information content (AvgIpc) is 2.67. The van der Waals surface area contributed by atoms with Crippen LogP contribution in [0.1, 0.15) is 35.7 Å². The number of hydrogen-bond donors (Lipinski definition) is 2. The van der Waals surface area contributed by atoms with Crippen molar-refractivity contribution in [2.45, 2.75) is 19.8 Å². The molecule has 1 aliphatic rings. The van der Waals surface area contributed by atoms with E-state index in [0.717, 1.165) is 16.9 Å². The molecule has 2 aromatic rings. The van der Waals surface area contributed by atoms with Crippen LogP contribution in [0.4, 0.5) is 11.4 Å². The number of thiocarbonyl (C=S) groups is 1. The summed E-state index contributed by atoms with van der Waals surface area (Å²) in [6.45, 7) is 6.92. The fourth-order valence-corrected chi connectivity index (χ4v) is 3.80. The maximum absolute atomic E-state index is 12.8. The van der Waals surface area contributed by atoms with Crippen molar-refractivity contribution >= 4 is 46.2 Å². The molecule has 5 nitrogen and oxygen atoms in total. The minimum absolute atomic E-state index is 0.0654. The first-order valence-corrected chi connectivity index (χ1v) is 10.1. The zero-order valence-electron chi connectivity index (χ0n) is 16.1. The van der Waals surface area contributed by atoms with Crippen molar-refractivity contribution in [1.29, 1.82) is 0 Å². The lowest BCUT2D eigenvalue weighted by Crippen LogP contribution is -2.49. The van der Waals surface area contributed by atoms with Crippen molar-refractivity contribution < 1.29 is 4.79 Å². The van der Waals surface area contributed by atoms with E-state index < -0.39 is 0 Å². The summed E-state index contributed by atoms with van der Waals surface area (Å²) in [4.78, 5) is 16.9. The summed E-state index contributed by atoms with van der Waals surface area (Å²) in [6.07, 6.45) is 0. The van der Waals surface area contributed by atoms with Crippen LogP contribution in [0.15, 0.2) is 42.5 Å². The SMILES string of the molecule is CC(C)c1ccc(C(=O)N2CCN(c3c(Cl)cccc3NC(N)=S)CC2)cc1. The van der Waals surface area contributed by atoms with E-state index in [1.807, 2.05) is 47.4 Å². The minimum Gasteiger partial charge on any atom is -0.376 e. The number of para-hydroxylation sites is 1. The molecule has 3 N–H and O–H groups in total. The largest absolute Gasteiger partial charge is 0.376 e. The number of benzene rings is 2. The van der Waals surface area contributed by atoms with Crippen LogP contribution < -0.4 is 16.0 Å². The van der Waals surface area contributed by atoms with Gasteiger partial charge >= 0.3 is 0 Å². The zero-order valence-corrected chi connectivity index (χ0v) is 17.7. The van der Waals surface area contributed by atoms with Gasteiger partial charge in [-0.05, 0) is 48.0 Å². The third-order valence-electron chi connectivity index (χ3n) is 4.95. The van der Waals surface area contributed by atoms with Gasteiger partial charge in [0, 0.05) is 31.7 Å². The highest BCUT2D eigenvalue weighted by Crippen LogP contribution is 2.34. The molecule has 0 aliphatic carbocycles. The van der Waals surface area contributed by atoms with E-state index in [-0.39, 0.29) is 11.0 Å². The van der Waals surface area contributed by atoms with Crippen molar-refractivity contribution in [3.05, 3.63) is 58.6 Å². The maximum Gasteiger partial charge on any atom is 0.253 e. The second-order valence-electron chi connectivity index (χ2n) is 7.18. The fourth-order valence-electron chi connectivity index (χ4n) is 3.40. The molecule has 1 saturated heterocycles. The Balaban J connectivity index is 1.69. The normalized spacial score (nSPS) is 14.3. The van der Waals surface area contributed by atoms with Gasteiger partial charge in [0.25, 0.3) is 5.91 Å². The predicted molar refractivity (Wildman–Crippen MR) is 121 cm³/mol. The van der Waals surface area contributed by atoms with Crippen LogP contribution >= 0.6 is 23.8 Å². The van der Waals surface area contributed by atoms with E-state index in [1.165, 1.54) is 5.56 Å². The van der Waals surface area contributed by atoms with E-state index in [9.17, 15) is 4.79 Å². The summed E-state index contributed by atoms with van der Waals surface area (Å²) in [5.74, 6) is 0.517. The first kappa shape index (κ1) is 20.4. The zero-order chi connectivity index (χ0) is 20.3. The Morgan fingerprint density at radius 2 is 1.75 bits per heavy atom. The number of halogens is 1. The number of rotatable bonds is 4. The van der Waals surface area contributed by atoms with Crippen molar-refractivity contribution in [3.63, 3.8) is 0 Å². The molecule has 1 fully saturated rings. The molecule has 1 heterocycles. The first-order valence-electron chi connectivity index (χ1n) is 9.36. The van der Waals surface area contributed by atoms with Crippen LogP contribution in [0, 0.1) is 0 Å². The molecule has 3 rings (SSSR count). The van der Waals surface area contributed by atoms with E-state index >= 15 is 0 Å². The average molecular weight is 417 g/mol. The van der Waals surface area contributed by atoms with E-state index in [0.29, 0.717) is 37.1 Å². The third kappa shape index (κ3) is 4.56. The van der Waals surface area contributed by atoms with Gasteiger partial charge in [-0.1, -0.05) is 43.6 Å². The monoisotopic (exact) mass is 416 g/mol. The van der Waals surface area contributed by atoms with Gasteiger partial charge in [-0.2, -0.15) is 0 Å². The van der Waals surface area contributed by atoms with Crippen molar-refractivity contribution in [3.8, 4) is 0 Å². The molecule has 0 aromatic heterocycles. The van der Waals surface area contributed by atoms with Gasteiger partial charge in [0.05, 0.1) is 16.4 Å². The van der Waals surface area contributed by atoms with Crippen LogP contribution in [0.3, 0.4) is 0 Å². The van der Waals surface area contributed by atoms with E-state index in [2.05, 4.69) is 24.1 Å². The van der Waals surface area contributed by atoms with Gasteiger partial charge in [-0.3, -0.25) is 4.79 Å². The van der Waals surface area contributed by atoms with Gasteiger partial charge in [-0.15, -0.1) is 0 Å². The summed E-state index contributed by atoms with van der Waals surface area (Å²) >= 11 is 11.4. The Morgan fingerprint density at radius 3 is 2.32 bits per heavy atom. The summed E-state index contributed by atoms with van der Waals surface area (Å²) in [7, 11) is 0. The van der Waals surface area contributed by atoms with Crippen molar-refractivity contribution in [2.75, 3.05) is 36.4 Å². The van der Waals surface area contributed by atoms with Crippen molar-refractivity contribution in [1.82, 2.24) is 4.90 Å². The molecule has 2 aromatic carbocycles. The van der Waals surface area contributed by atoms with Gasteiger partial charge in [-0.25, -0.2) is 0 Å². The molecule has 1 aliphatic heterocycles. The molecule has 0 unspecified atom stereocenters. The Hall–Kier alpha value is -2.31. The summed E-state index contributed by atoms with van der Waals surface area (Å²) in [5.41, 5.74) is 9.24. The second-order valence-corrected chi connectivity index (χ2v) is 8.03. The number of anilines is 2. The fraction of sp³-hybridized carbons (Fsp3) is 0.333. The number of nitrogens with two attached hydrogens (primary N) is 1. The smallest absolute Gasteiger partial charge is 0.253 e. The van der Waals surface area contributed by atoms with Crippen LogP contribution in [0.2, 0.25) is 5.02 Å². The lowest BCUT2D eigenvalue weighted by molar-refractivity contribution is 0.0747. The van der Waals surface area contributed by atoms with Gasteiger partial charge in [0.15, 0.2) is 5.11 Å². The molecule has 0 atom stereocenters. The number of carbonyl (C=O) groups excluding carboxylic acids is 1. The van der Waals surface area contributed by atoms with Gasteiger partial charge < -0.3 is 20.9 Å². The Bertz CT molecular complexity index is 861. The second kappa shape index (κ2) is 8.80.